The molecule has 0 heterocycles. The molecule has 2 rings (SSSR count). The molecule has 5 heteroatoms. The number of hydrogen-bond donors (Lipinski definition) is 0. The molecule has 0 bridgehead atoms. The van der Waals surface area contributed by atoms with Gasteiger partial charge in [0.1, 0.15) is 5.75 Å². The summed E-state index contributed by atoms with van der Waals surface area (Å²) in [5, 5.41) is 1.37. The van der Waals surface area contributed by atoms with Gasteiger partial charge in [0.15, 0.2) is 0 Å². The normalized spacial score (nSPS) is 13.1. The summed E-state index contributed by atoms with van der Waals surface area (Å²) in [6, 6.07) is 16.5. The first kappa shape index (κ1) is 16.5. The highest BCUT2D eigenvalue weighted by Crippen LogP contribution is 2.43. The fourth-order valence-corrected chi connectivity index (χ4v) is 3.72. The highest BCUT2D eigenvalue weighted by Gasteiger charge is 2.26. The SMILES string of the molecule is CCOc1ccc(P(=O)(OC)c2ccccc2)cc1.[B]. The zero-order valence-corrected chi connectivity index (χ0v) is 12.5. The van der Waals surface area contributed by atoms with Gasteiger partial charge in [-0.1, -0.05) is 18.2 Å². The minimum atomic E-state index is -3.00. The minimum Gasteiger partial charge on any atom is -0.494 e. The number of benzene rings is 2. The van der Waals surface area contributed by atoms with Gasteiger partial charge in [0.2, 0.25) is 0 Å². The Morgan fingerprint density at radius 2 is 1.50 bits per heavy atom. The highest BCUT2D eigenvalue weighted by atomic mass is 31.2. The number of ether oxygens (including phenoxy) is 1. The zero-order valence-electron chi connectivity index (χ0n) is 11.7. The van der Waals surface area contributed by atoms with Crippen molar-refractivity contribution >= 4 is 26.4 Å². The van der Waals surface area contributed by atoms with Gasteiger partial charge in [-0.15, -0.1) is 0 Å². The Morgan fingerprint density at radius 3 is 2.00 bits per heavy atom. The van der Waals surface area contributed by atoms with Crippen molar-refractivity contribution in [3.05, 3.63) is 54.6 Å². The van der Waals surface area contributed by atoms with Gasteiger partial charge < -0.3 is 9.26 Å². The Bertz CT molecular complexity index is 569. The van der Waals surface area contributed by atoms with Crippen LogP contribution in [0, 0.1) is 0 Å². The zero-order chi connectivity index (χ0) is 13.7. The quantitative estimate of drug-likeness (QED) is 0.626. The Kier molecular flexibility index (Phi) is 6.06. The van der Waals surface area contributed by atoms with Crippen molar-refractivity contribution in [1.82, 2.24) is 0 Å². The maximum absolute atomic E-state index is 13.0. The van der Waals surface area contributed by atoms with Gasteiger partial charge in [-0.25, -0.2) is 0 Å². The van der Waals surface area contributed by atoms with Gasteiger partial charge in [-0.2, -0.15) is 0 Å². The molecule has 0 N–H and O–H groups in total. The molecule has 1 unspecified atom stereocenters. The molecule has 3 radical (unpaired) electrons. The third-order valence-electron chi connectivity index (χ3n) is 2.84. The topological polar surface area (TPSA) is 35.5 Å². The summed E-state index contributed by atoms with van der Waals surface area (Å²) < 4.78 is 23.7. The molecule has 0 spiro atoms. The lowest BCUT2D eigenvalue weighted by Gasteiger charge is -2.17. The molecule has 0 aliphatic rings. The van der Waals surface area contributed by atoms with Gasteiger partial charge >= 0.3 is 0 Å². The standard InChI is InChI=1S/C15H17O3P.B/c1-3-18-13-9-11-15(12-10-13)19(16,17-2)14-7-5-4-6-8-14;/h4-12H,3H2,1-2H3;. The van der Waals surface area contributed by atoms with Crippen LogP contribution in [0.15, 0.2) is 54.6 Å². The van der Waals surface area contributed by atoms with E-state index < -0.39 is 7.37 Å². The molecule has 2 aromatic rings. The maximum atomic E-state index is 13.0. The van der Waals surface area contributed by atoms with Crippen molar-refractivity contribution in [2.45, 2.75) is 6.92 Å². The van der Waals surface area contributed by atoms with Crippen molar-refractivity contribution in [2.24, 2.45) is 0 Å². The van der Waals surface area contributed by atoms with Crippen LogP contribution in [0.25, 0.3) is 0 Å². The average molecular weight is 287 g/mol. The summed E-state index contributed by atoms with van der Waals surface area (Å²) in [5.41, 5.74) is 0. The molecule has 1 atom stereocenters. The van der Waals surface area contributed by atoms with Crippen molar-refractivity contribution in [1.29, 1.82) is 0 Å². The van der Waals surface area contributed by atoms with E-state index in [-0.39, 0.29) is 8.41 Å². The predicted molar refractivity (Wildman–Crippen MR) is 83.7 cm³/mol. The highest BCUT2D eigenvalue weighted by molar-refractivity contribution is 7.74. The van der Waals surface area contributed by atoms with Crippen molar-refractivity contribution in [2.75, 3.05) is 13.7 Å². The molecular formula is C15H17BO3P. The van der Waals surface area contributed by atoms with Crippen LogP contribution in [0.1, 0.15) is 6.92 Å². The molecule has 0 aromatic heterocycles. The second-order valence-corrected chi connectivity index (χ2v) is 6.50. The number of rotatable bonds is 5. The molecule has 20 heavy (non-hydrogen) atoms. The average Bonchev–Trinajstić information content (AvgIpc) is 2.48. The van der Waals surface area contributed by atoms with Crippen LogP contribution in [0.5, 0.6) is 5.75 Å². The van der Waals surface area contributed by atoms with Crippen LogP contribution in [0.3, 0.4) is 0 Å². The first-order valence-corrected chi connectivity index (χ1v) is 7.78. The van der Waals surface area contributed by atoms with Crippen LogP contribution in [-0.2, 0) is 9.09 Å². The van der Waals surface area contributed by atoms with Gasteiger partial charge in [0.05, 0.1) is 6.61 Å². The largest absolute Gasteiger partial charge is 0.494 e. The lowest BCUT2D eigenvalue weighted by molar-refractivity contribution is 0.340. The van der Waals surface area contributed by atoms with Crippen LogP contribution in [0.2, 0.25) is 0 Å². The van der Waals surface area contributed by atoms with Crippen molar-refractivity contribution < 1.29 is 13.8 Å². The van der Waals surface area contributed by atoms with Crippen LogP contribution < -0.4 is 15.3 Å². The summed E-state index contributed by atoms with van der Waals surface area (Å²) >= 11 is 0. The van der Waals surface area contributed by atoms with Crippen molar-refractivity contribution in [3.8, 4) is 5.75 Å². The lowest BCUT2D eigenvalue weighted by Crippen LogP contribution is -2.16. The molecule has 3 nitrogen and oxygen atoms in total. The van der Waals surface area contributed by atoms with Gasteiger partial charge in [-0.05, 0) is 43.3 Å². The van der Waals surface area contributed by atoms with Gasteiger partial charge in [0.25, 0.3) is 7.37 Å². The van der Waals surface area contributed by atoms with Gasteiger partial charge in [-0.3, -0.25) is 4.57 Å². The summed E-state index contributed by atoms with van der Waals surface area (Å²) in [4.78, 5) is 0. The molecule has 2 aromatic carbocycles. The Labute approximate surface area is 122 Å². The molecule has 0 saturated carbocycles. The molecule has 0 fully saturated rings. The van der Waals surface area contributed by atoms with E-state index in [4.69, 9.17) is 9.26 Å². The molecule has 0 saturated heterocycles. The van der Waals surface area contributed by atoms with Gasteiger partial charge in [0, 0.05) is 26.1 Å². The molecule has 0 aliphatic carbocycles. The predicted octanol–water partition coefficient (Wildman–Crippen LogP) is 2.58. The molecule has 0 amide bonds. The molecular weight excluding hydrogens is 270 g/mol. The maximum Gasteiger partial charge on any atom is 0.261 e. The van der Waals surface area contributed by atoms with E-state index in [0.29, 0.717) is 17.2 Å². The summed E-state index contributed by atoms with van der Waals surface area (Å²) in [6.45, 7) is 2.54. The fraction of sp³-hybridized carbons (Fsp3) is 0.200. The Hall–Kier alpha value is -1.51. The summed E-state index contributed by atoms with van der Waals surface area (Å²) in [5.74, 6) is 0.766. The summed E-state index contributed by atoms with van der Waals surface area (Å²) in [6.07, 6.45) is 0. The molecule has 0 aliphatic heterocycles. The van der Waals surface area contributed by atoms with Crippen LogP contribution in [-0.4, -0.2) is 22.1 Å². The lowest BCUT2D eigenvalue weighted by atomic mass is 10.3. The third-order valence-corrected chi connectivity index (χ3v) is 5.31. The first-order chi connectivity index (χ1) is 9.20. The van der Waals surface area contributed by atoms with E-state index in [9.17, 15) is 4.57 Å². The van der Waals surface area contributed by atoms with E-state index in [1.54, 1.807) is 12.1 Å². The van der Waals surface area contributed by atoms with E-state index in [1.165, 1.54) is 7.11 Å². The minimum absolute atomic E-state index is 0. The monoisotopic (exact) mass is 287 g/mol. The first-order valence-electron chi connectivity index (χ1n) is 6.15. The number of hydrogen-bond acceptors (Lipinski definition) is 3. The summed E-state index contributed by atoms with van der Waals surface area (Å²) in [7, 11) is -1.52. The smallest absolute Gasteiger partial charge is 0.261 e. The van der Waals surface area contributed by atoms with E-state index >= 15 is 0 Å². The second kappa shape index (κ2) is 7.32. The molecule has 103 valence electrons. The third kappa shape index (κ3) is 3.33. The van der Waals surface area contributed by atoms with Crippen molar-refractivity contribution in [3.63, 3.8) is 0 Å². The van der Waals surface area contributed by atoms with Crippen LogP contribution >= 0.6 is 7.37 Å². The van der Waals surface area contributed by atoms with E-state index in [2.05, 4.69) is 0 Å². The van der Waals surface area contributed by atoms with E-state index in [0.717, 1.165) is 5.75 Å². The van der Waals surface area contributed by atoms with E-state index in [1.807, 2.05) is 49.4 Å². The Morgan fingerprint density at radius 1 is 0.950 bits per heavy atom. The second-order valence-electron chi connectivity index (χ2n) is 4.00. The van der Waals surface area contributed by atoms with Crippen LogP contribution in [0.4, 0.5) is 0 Å². The fourth-order valence-electron chi connectivity index (χ4n) is 1.89. The Balaban J connectivity index is 0.00000200.